The maximum absolute atomic E-state index is 10.5. The standard InChI is InChI=1S/C5H11N2O5P/c8-6-7-4-2-1-3-5(7)12-13(9,10)11/h5H,1-4H2,(H2,9,10,11). The van der Waals surface area contributed by atoms with Crippen molar-refractivity contribution in [2.75, 3.05) is 6.54 Å². The van der Waals surface area contributed by atoms with Crippen LogP contribution >= 0.6 is 7.82 Å². The van der Waals surface area contributed by atoms with Crippen molar-refractivity contribution in [1.29, 1.82) is 0 Å². The molecule has 0 aliphatic carbocycles. The van der Waals surface area contributed by atoms with Crippen molar-refractivity contribution < 1.29 is 18.9 Å². The molecule has 1 aliphatic heterocycles. The van der Waals surface area contributed by atoms with Gasteiger partial charge in [-0.15, -0.1) is 4.91 Å². The van der Waals surface area contributed by atoms with Gasteiger partial charge in [0, 0.05) is 6.54 Å². The van der Waals surface area contributed by atoms with Crippen molar-refractivity contribution in [2.24, 2.45) is 5.29 Å². The summed E-state index contributed by atoms with van der Waals surface area (Å²) in [5, 5.41) is 3.64. The molecule has 0 radical (unpaired) electrons. The average Bonchev–Trinajstić information content (AvgIpc) is 2.02. The Morgan fingerprint density at radius 1 is 1.46 bits per heavy atom. The summed E-state index contributed by atoms with van der Waals surface area (Å²) in [5.41, 5.74) is 0. The normalized spacial score (nSPS) is 24.5. The molecule has 0 saturated carbocycles. The molecule has 0 aromatic carbocycles. The summed E-state index contributed by atoms with van der Waals surface area (Å²) in [7, 11) is -4.53. The third kappa shape index (κ3) is 3.40. The second-order valence-corrected chi connectivity index (χ2v) is 3.98. The van der Waals surface area contributed by atoms with E-state index in [1.165, 1.54) is 0 Å². The first kappa shape index (κ1) is 10.6. The molecule has 1 unspecified atom stereocenters. The van der Waals surface area contributed by atoms with Gasteiger partial charge in [0.1, 0.15) is 0 Å². The van der Waals surface area contributed by atoms with E-state index < -0.39 is 14.1 Å². The third-order valence-electron chi connectivity index (χ3n) is 1.78. The molecule has 1 aliphatic rings. The second-order valence-electron chi connectivity index (χ2n) is 2.79. The highest BCUT2D eigenvalue weighted by Crippen LogP contribution is 2.40. The van der Waals surface area contributed by atoms with Crippen LogP contribution < -0.4 is 0 Å². The van der Waals surface area contributed by atoms with Crippen LogP contribution in [-0.2, 0) is 9.09 Å². The molecule has 0 bridgehead atoms. The zero-order chi connectivity index (χ0) is 9.90. The highest BCUT2D eigenvalue weighted by molar-refractivity contribution is 7.46. The van der Waals surface area contributed by atoms with Gasteiger partial charge in [-0.1, -0.05) is 0 Å². The Hall–Kier alpha value is -0.490. The summed E-state index contributed by atoms with van der Waals surface area (Å²) in [6.45, 7) is 0.383. The molecule has 1 rings (SSSR count). The molecule has 8 heteroatoms. The van der Waals surface area contributed by atoms with Crippen LogP contribution in [0.2, 0.25) is 0 Å². The van der Waals surface area contributed by atoms with Gasteiger partial charge < -0.3 is 9.79 Å². The number of phosphoric acid groups is 1. The number of phosphoric ester groups is 1. The Morgan fingerprint density at radius 2 is 2.15 bits per heavy atom. The second kappa shape index (κ2) is 4.15. The van der Waals surface area contributed by atoms with Gasteiger partial charge in [0.2, 0.25) is 0 Å². The van der Waals surface area contributed by atoms with Crippen LogP contribution in [0.25, 0.3) is 0 Å². The van der Waals surface area contributed by atoms with E-state index in [9.17, 15) is 9.47 Å². The number of nitrogens with zero attached hydrogens (tertiary/aromatic N) is 2. The number of piperidine rings is 1. The van der Waals surface area contributed by atoms with Gasteiger partial charge in [-0.3, -0.25) is 4.52 Å². The minimum Gasteiger partial charge on any atom is -0.303 e. The number of rotatable bonds is 3. The van der Waals surface area contributed by atoms with E-state index in [1.54, 1.807) is 0 Å². The topological polar surface area (TPSA) is 99.4 Å². The average molecular weight is 210 g/mol. The van der Waals surface area contributed by atoms with Crippen LogP contribution in [0.5, 0.6) is 0 Å². The van der Waals surface area contributed by atoms with Crippen molar-refractivity contribution >= 4 is 7.82 Å². The van der Waals surface area contributed by atoms with E-state index in [2.05, 4.69) is 9.81 Å². The zero-order valence-electron chi connectivity index (χ0n) is 6.87. The maximum Gasteiger partial charge on any atom is 0.471 e. The fourth-order valence-corrected chi connectivity index (χ4v) is 1.78. The monoisotopic (exact) mass is 210 g/mol. The van der Waals surface area contributed by atoms with Gasteiger partial charge in [-0.25, -0.2) is 9.57 Å². The predicted molar refractivity (Wildman–Crippen MR) is 43.3 cm³/mol. The van der Waals surface area contributed by atoms with Gasteiger partial charge in [0.05, 0.1) is 5.29 Å². The number of nitroso groups, excluding NO2 is 1. The lowest BCUT2D eigenvalue weighted by molar-refractivity contribution is -0.0220. The smallest absolute Gasteiger partial charge is 0.303 e. The lowest BCUT2D eigenvalue weighted by Gasteiger charge is -2.29. The van der Waals surface area contributed by atoms with Crippen molar-refractivity contribution in [3.8, 4) is 0 Å². The minimum atomic E-state index is -4.53. The van der Waals surface area contributed by atoms with E-state index in [-0.39, 0.29) is 0 Å². The van der Waals surface area contributed by atoms with E-state index >= 15 is 0 Å². The first-order valence-corrected chi connectivity index (χ1v) is 5.40. The lowest BCUT2D eigenvalue weighted by atomic mass is 10.1. The fraction of sp³-hybridized carbons (Fsp3) is 1.00. The molecule has 1 atom stereocenters. The van der Waals surface area contributed by atoms with Crippen LogP contribution in [0.1, 0.15) is 19.3 Å². The molecule has 0 aromatic rings. The minimum absolute atomic E-state index is 0.383. The number of hydrogen-bond donors (Lipinski definition) is 2. The van der Waals surface area contributed by atoms with E-state index in [1.807, 2.05) is 0 Å². The fourth-order valence-electron chi connectivity index (χ4n) is 1.24. The van der Waals surface area contributed by atoms with E-state index in [4.69, 9.17) is 9.79 Å². The van der Waals surface area contributed by atoms with Crippen LogP contribution in [0.4, 0.5) is 0 Å². The molecule has 0 aromatic heterocycles. The lowest BCUT2D eigenvalue weighted by Crippen LogP contribution is -2.36. The van der Waals surface area contributed by atoms with Crippen molar-refractivity contribution in [3.05, 3.63) is 4.91 Å². The first-order valence-electron chi connectivity index (χ1n) is 3.87. The van der Waals surface area contributed by atoms with Crippen molar-refractivity contribution in [1.82, 2.24) is 5.01 Å². The number of hydrogen-bond acceptors (Lipinski definition) is 4. The molecule has 13 heavy (non-hydrogen) atoms. The summed E-state index contributed by atoms with van der Waals surface area (Å²) in [4.78, 5) is 27.2. The summed E-state index contributed by atoms with van der Waals surface area (Å²) >= 11 is 0. The Labute approximate surface area is 74.9 Å². The predicted octanol–water partition coefficient (Wildman–Crippen LogP) is 0.589. The summed E-state index contributed by atoms with van der Waals surface area (Å²) in [5.74, 6) is 0. The molecule has 0 spiro atoms. The molecule has 1 fully saturated rings. The molecule has 0 amide bonds. The Balaban J connectivity index is 2.55. The highest BCUT2D eigenvalue weighted by atomic mass is 31.2. The van der Waals surface area contributed by atoms with Gasteiger partial charge in [0.15, 0.2) is 6.23 Å². The van der Waals surface area contributed by atoms with Crippen LogP contribution in [0.15, 0.2) is 5.29 Å². The third-order valence-corrected chi connectivity index (χ3v) is 2.30. The quantitative estimate of drug-likeness (QED) is 0.522. The Kier molecular flexibility index (Phi) is 3.38. The Bertz CT molecular complexity index is 229. The van der Waals surface area contributed by atoms with Crippen molar-refractivity contribution in [2.45, 2.75) is 25.5 Å². The van der Waals surface area contributed by atoms with E-state index in [0.29, 0.717) is 13.0 Å². The highest BCUT2D eigenvalue weighted by Gasteiger charge is 2.29. The summed E-state index contributed by atoms with van der Waals surface area (Å²) < 4.78 is 14.8. The summed E-state index contributed by atoms with van der Waals surface area (Å²) in [6.07, 6.45) is 1.09. The van der Waals surface area contributed by atoms with E-state index in [0.717, 1.165) is 17.9 Å². The molecule has 1 saturated heterocycles. The largest absolute Gasteiger partial charge is 0.471 e. The summed E-state index contributed by atoms with van der Waals surface area (Å²) in [6, 6.07) is 0. The molecular formula is C5H11N2O5P. The van der Waals surface area contributed by atoms with Gasteiger partial charge >= 0.3 is 7.82 Å². The van der Waals surface area contributed by atoms with Gasteiger partial charge in [-0.2, -0.15) is 0 Å². The molecule has 2 N–H and O–H groups in total. The molecular weight excluding hydrogens is 199 g/mol. The maximum atomic E-state index is 10.5. The molecule has 76 valence electrons. The SMILES string of the molecule is O=NN1CCCCC1OP(=O)(O)O. The van der Waals surface area contributed by atoms with Crippen LogP contribution in [-0.4, -0.2) is 27.6 Å². The van der Waals surface area contributed by atoms with Gasteiger partial charge in [-0.05, 0) is 19.3 Å². The zero-order valence-corrected chi connectivity index (χ0v) is 7.76. The first-order chi connectivity index (χ1) is 6.03. The van der Waals surface area contributed by atoms with Crippen LogP contribution in [0.3, 0.4) is 0 Å². The Morgan fingerprint density at radius 3 is 2.69 bits per heavy atom. The molecule has 7 nitrogen and oxygen atoms in total. The van der Waals surface area contributed by atoms with Crippen molar-refractivity contribution in [3.63, 3.8) is 0 Å². The van der Waals surface area contributed by atoms with Gasteiger partial charge in [0.25, 0.3) is 0 Å². The molecule has 1 heterocycles. The van der Waals surface area contributed by atoms with Crippen LogP contribution in [0, 0.1) is 4.91 Å².